The van der Waals surface area contributed by atoms with Crippen LogP contribution in [0.3, 0.4) is 0 Å². The molecular formula is C18H15F3O2. The zero-order valence-electron chi connectivity index (χ0n) is 12.2. The molecule has 0 spiro atoms. The van der Waals surface area contributed by atoms with Crippen molar-refractivity contribution in [1.29, 1.82) is 0 Å². The fourth-order valence-electron chi connectivity index (χ4n) is 2.78. The molecule has 0 saturated carbocycles. The Kier molecular flexibility index (Phi) is 4.03. The van der Waals surface area contributed by atoms with Crippen LogP contribution in [-0.4, -0.2) is 11.5 Å². The van der Waals surface area contributed by atoms with Crippen LogP contribution >= 0.6 is 0 Å². The number of phenolic OH excluding ortho intramolecular Hbond substituents is 1. The van der Waals surface area contributed by atoms with Crippen molar-refractivity contribution >= 4 is 11.6 Å². The van der Waals surface area contributed by atoms with E-state index in [0.717, 1.165) is 41.5 Å². The number of benzene rings is 2. The van der Waals surface area contributed by atoms with Crippen molar-refractivity contribution in [3.05, 3.63) is 59.2 Å². The lowest BCUT2D eigenvalue weighted by Crippen LogP contribution is -2.16. The molecule has 2 aromatic rings. The maximum Gasteiger partial charge on any atom is 0.573 e. The van der Waals surface area contributed by atoms with Crippen LogP contribution in [0.15, 0.2) is 42.5 Å². The minimum absolute atomic E-state index is 0.221. The van der Waals surface area contributed by atoms with Gasteiger partial charge in [-0.1, -0.05) is 24.3 Å². The molecular weight excluding hydrogens is 305 g/mol. The average molecular weight is 320 g/mol. The average Bonchev–Trinajstić information content (AvgIpc) is 2.68. The fraction of sp³-hybridized carbons (Fsp3) is 0.222. The van der Waals surface area contributed by atoms with Gasteiger partial charge in [0.05, 0.1) is 0 Å². The fourth-order valence-corrected chi connectivity index (χ4v) is 2.78. The standard InChI is InChI=1S/C18H15F3O2/c19-18(20,21)23-17-8-5-12(6-9-17)13-2-1-3-14-11-16(22)7-4-15(14)10-13/h4-11,22H,1-3H2. The van der Waals surface area contributed by atoms with Gasteiger partial charge in [0.1, 0.15) is 11.5 Å². The first-order chi connectivity index (χ1) is 10.9. The molecule has 0 saturated heterocycles. The molecule has 0 aliphatic heterocycles. The van der Waals surface area contributed by atoms with E-state index in [1.807, 2.05) is 12.1 Å². The molecule has 0 atom stereocenters. The summed E-state index contributed by atoms with van der Waals surface area (Å²) in [6.45, 7) is 0. The summed E-state index contributed by atoms with van der Waals surface area (Å²) in [5.41, 5.74) is 4.05. The van der Waals surface area contributed by atoms with Crippen LogP contribution in [0, 0.1) is 0 Å². The lowest BCUT2D eigenvalue weighted by Gasteiger charge is -2.10. The van der Waals surface area contributed by atoms with Crippen LogP contribution in [0.4, 0.5) is 13.2 Å². The highest BCUT2D eigenvalue weighted by molar-refractivity contribution is 5.83. The summed E-state index contributed by atoms with van der Waals surface area (Å²) in [6.07, 6.45) is -0.0392. The summed E-state index contributed by atoms with van der Waals surface area (Å²) >= 11 is 0. The van der Waals surface area contributed by atoms with E-state index in [0.29, 0.717) is 0 Å². The monoisotopic (exact) mass is 320 g/mol. The Labute approximate surface area is 131 Å². The van der Waals surface area contributed by atoms with Crippen molar-refractivity contribution in [3.8, 4) is 11.5 Å². The minimum atomic E-state index is -4.68. The quantitative estimate of drug-likeness (QED) is 0.827. The number of halogens is 3. The topological polar surface area (TPSA) is 29.5 Å². The summed E-state index contributed by atoms with van der Waals surface area (Å²) in [5, 5.41) is 9.56. The SMILES string of the molecule is Oc1ccc2c(c1)CCCC(c1ccc(OC(F)(F)F)cc1)=C2. The van der Waals surface area contributed by atoms with Crippen LogP contribution < -0.4 is 4.74 Å². The highest BCUT2D eigenvalue weighted by atomic mass is 19.4. The van der Waals surface area contributed by atoms with Crippen molar-refractivity contribution in [1.82, 2.24) is 0 Å². The number of fused-ring (bicyclic) bond motifs is 1. The predicted molar refractivity (Wildman–Crippen MR) is 82.0 cm³/mol. The third-order valence-electron chi connectivity index (χ3n) is 3.81. The minimum Gasteiger partial charge on any atom is -0.508 e. The van der Waals surface area contributed by atoms with E-state index in [9.17, 15) is 18.3 Å². The molecule has 1 aliphatic carbocycles. The lowest BCUT2D eigenvalue weighted by atomic mass is 10.0. The van der Waals surface area contributed by atoms with Gasteiger partial charge < -0.3 is 9.84 Å². The van der Waals surface area contributed by atoms with Crippen LogP contribution in [0.1, 0.15) is 29.5 Å². The van der Waals surface area contributed by atoms with Gasteiger partial charge in [0.15, 0.2) is 0 Å². The second kappa shape index (κ2) is 5.99. The normalized spacial score (nSPS) is 14.7. The summed E-state index contributed by atoms with van der Waals surface area (Å²) in [4.78, 5) is 0. The van der Waals surface area contributed by atoms with E-state index in [2.05, 4.69) is 4.74 Å². The Hall–Kier alpha value is -2.43. The van der Waals surface area contributed by atoms with Gasteiger partial charge in [-0.25, -0.2) is 0 Å². The van der Waals surface area contributed by atoms with Crippen molar-refractivity contribution in [2.24, 2.45) is 0 Å². The van der Waals surface area contributed by atoms with Crippen LogP contribution in [0.2, 0.25) is 0 Å². The molecule has 0 aromatic heterocycles. The summed E-state index contributed by atoms with van der Waals surface area (Å²) in [7, 11) is 0. The zero-order valence-corrected chi connectivity index (χ0v) is 12.2. The molecule has 2 aromatic carbocycles. The van der Waals surface area contributed by atoms with Gasteiger partial charge in [-0.3, -0.25) is 0 Å². The molecule has 0 amide bonds. The maximum absolute atomic E-state index is 12.2. The Morgan fingerprint density at radius 3 is 2.39 bits per heavy atom. The largest absolute Gasteiger partial charge is 0.573 e. The number of hydrogen-bond donors (Lipinski definition) is 1. The maximum atomic E-state index is 12.2. The van der Waals surface area contributed by atoms with Gasteiger partial charge in [0.25, 0.3) is 0 Å². The Morgan fingerprint density at radius 2 is 1.70 bits per heavy atom. The number of rotatable bonds is 2. The van der Waals surface area contributed by atoms with Crippen molar-refractivity contribution in [2.75, 3.05) is 0 Å². The van der Waals surface area contributed by atoms with E-state index >= 15 is 0 Å². The highest BCUT2D eigenvalue weighted by Gasteiger charge is 2.31. The van der Waals surface area contributed by atoms with E-state index in [1.165, 1.54) is 12.1 Å². The molecule has 0 unspecified atom stereocenters. The Morgan fingerprint density at radius 1 is 0.957 bits per heavy atom. The number of aryl methyl sites for hydroxylation is 1. The first-order valence-electron chi connectivity index (χ1n) is 7.29. The number of phenols is 1. The molecule has 2 nitrogen and oxygen atoms in total. The smallest absolute Gasteiger partial charge is 0.508 e. The van der Waals surface area contributed by atoms with E-state index in [-0.39, 0.29) is 11.5 Å². The van der Waals surface area contributed by atoms with Crippen LogP contribution in [0.25, 0.3) is 11.6 Å². The summed E-state index contributed by atoms with van der Waals surface area (Å²) < 4.78 is 40.5. The Balaban J connectivity index is 1.87. The second-order valence-corrected chi connectivity index (χ2v) is 5.48. The zero-order chi connectivity index (χ0) is 16.4. The molecule has 3 rings (SSSR count). The van der Waals surface area contributed by atoms with Crippen molar-refractivity contribution in [2.45, 2.75) is 25.6 Å². The number of aromatic hydroxyl groups is 1. The summed E-state index contributed by atoms with van der Waals surface area (Å²) in [5.74, 6) is 0.0232. The van der Waals surface area contributed by atoms with E-state index in [4.69, 9.17) is 0 Å². The summed E-state index contributed by atoms with van der Waals surface area (Å²) in [6, 6.07) is 11.2. The predicted octanol–water partition coefficient (Wildman–Crippen LogP) is 5.17. The molecule has 120 valence electrons. The molecule has 0 radical (unpaired) electrons. The lowest BCUT2D eigenvalue weighted by molar-refractivity contribution is -0.274. The molecule has 23 heavy (non-hydrogen) atoms. The van der Waals surface area contributed by atoms with Gasteiger partial charge in [0.2, 0.25) is 0 Å². The number of allylic oxidation sites excluding steroid dienone is 1. The van der Waals surface area contributed by atoms with Crippen molar-refractivity contribution in [3.63, 3.8) is 0 Å². The van der Waals surface area contributed by atoms with Gasteiger partial charge in [0, 0.05) is 0 Å². The van der Waals surface area contributed by atoms with Gasteiger partial charge in [-0.05, 0) is 65.8 Å². The third-order valence-corrected chi connectivity index (χ3v) is 3.81. The third kappa shape index (κ3) is 3.86. The molecule has 0 heterocycles. The molecule has 1 aliphatic rings. The number of ether oxygens (including phenoxy) is 1. The van der Waals surface area contributed by atoms with Gasteiger partial charge >= 0.3 is 6.36 Å². The van der Waals surface area contributed by atoms with Gasteiger partial charge in [-0.15, -0.1) is 13.2 Å². The Bertz CT molecular complexity index is 731. The van der Waals surface area contributed by atoms with Crippen LogP contribution in [0.5, 0.6) is 11.5 Å². The number of alkyl halides is 3. The first kappa shape index (κ1) is 15.5. The van der Waals surface area contributed by atoms with Gasteiger partial charge in [-0.2, -0.15) is 0 Å². The molecule has 5 heteroatoms. The van der Waals surface area contributed by atoms with E-state index < -0.39 is 6.36 Å². The second-order valence-electron chi connectivity index (χ2n) is 5.48. The number of hydrogen-bond acceptors (Lipinski definition) is 2. The first-order valence-corrected chi connectivity index (χ1v) is 7.29. The van der Waals surface area contributed by atoms with E-state index in [1.54, 1.807) is 24.3 Å². The highest BCUT2D eigenvalue weighted by Crippen LogP contribution is 2.32. The molecule has 1 N–H and O–H groups in total. The molecule has 0 fully saturated rings. The van der Waals surface area contributed by atoms with Crippen LogP contribution in [-0.2, 0) is 6.42 Å². The molecule has 0 bridgehead atoms. The van der Waals surface area contributed by atoms with Crippen molar-refractivity contribution < 1.29 is 23.0 Å².